The molecule has 1 aromatic carbocycles. The molecule has 0 bridgehead atoms. The van der Waals surface area contributed by atoms with Crippen LogP contribution in [0.4, 0.5) is 11.4 Å². The Morgan fingerprint density at radius 3 is 2.69 bits per heavy atom. The predicted molar refractivity (Wildman–Crippen MR) is 134 cm³/mol. The van der Waals surface area contributed by atoms with Crippen LogP contribution in [0.25, 0.3) is 0 Å². The fourth-order valence-corrected chi connectivity index (χ4v) is 3.30. The molecule has 0 radical (unpaired) electrons. The molecule has 186 valence electrons. The van der Waals surface area contributed by atoms with Crippen molar-refractivity contribution in [2.75, 3.05) is 37.4 Å². The van der Waals surface area contributed by atoms with E-state index < -0.39 is 0 Å². The van der Waals surface area contributed by atoms with Gasteiger partial charge in [0.25, 0.3) is 0 Å². The molecule has 2 N–H and O–H groups in total. The van der Waals surface area contributed by atoms with E-state index in [4.69, 9.17) is 4.74 Å². The van der Waals surface area contributed by atoms with Gasteiger partial charge in [-0.1, -0.05) is 31.5 Å². The van der Waals surface area contributed by atoms with Crippen molar-refractivity contribution in [1.82, 2.24) is 24.6 Å². The Morgan fingerprint density at radius 1 is 1.17 bits per heavy atom. The first-order chi connectivity index (χ1) is 16.8. The first kappa shape index (κ1) is 25.7. The Labute approximate surface area is 205 Å². The van der Waals surface area contributed by atoms with Crippen LogP contribution < -0.4 is 15.4 Å². The minimum Gasteiger partial charge on any atom is -0.492 e. The van der Waals surface area contributed by atoms with E-state index in [9.17, 15) is 9.59 Å². The van der Waals surface area contributed by atoms with Crippen LogP contribution in [0.2, 0.25) is 0 Å². The van der Waals surface area contributed by atoms with Crippen molar-refractivity contribution in [3.8, 4) is 5.75 Å². The molecule has 0 unspecified atom stereocenters. The van der Waals surface area contributed by atoms with Gasteiger partial charge in [0, 0.05) is 26.2 Å². The number of rotatable bonds is 12. The van der Waals surface area contributed by atoms with E-state index >= 15 is 0 Å². The van der Waals surface area contributed by atoms with Gasteiger partial charge in [-0.3, -0.25) is 14.3 Å². The minimum absolute atomic E-state index is 0.0739. The summed E-state index contributed by atoms with van der Waals surface area (Å²) in [6.07, 6.45) is 6.67. The highest BCUT2D eigenvalue weighted by Crippen LogP contribution is 2.20. The summed E-state index contributed by atoms with van der Waals surface area (Å²) in [5, 5.41) is 10.2. The largest absolute Gasteiger partial charge is 0.492 e. The van der Waals surface area contributed by atoms with Gasteiger partial charge in [-0.2, -0.15) is 5.10 Å². The van der Waals surface area contributed by atoms with Crippen molar-refractivity contribution in [3.63, 3.8) is 0 Å². The molecule has 0 atom stereocenters. The second-order valence-corrected chi connectivity index (χ2v) is 8.60. The van der Waals surface area contributed by atoms with E-state index in [1.165, 1.54) is 22.8 Å². The number of carbonyl (C=O) groups is 2. The molecular weight excluding hydrogens is 446 g/mol. The maximum atomic E-state index is 12.5. The SMILES string of the molecule is Cc1ccc(OCCN(C)C(=O)Cn2cc(NC(=O)CCNc3cncnc3C(C)C)cn2)cc1. The number of aryl methyl sites for hydroxylation is 1. The lowest BCUT2D eigenvalue weighted by molar-refractivity contribution is -0.131. The second kappa shape index (κ2) is 12.5. The molecule has 0 spiro atoms. The molecule has 10 nitrogen and oxygen atoms in total. The van der Waals surface area contributed by atoms with Crippen molar-refractivity contribution < 1.29 is 14.3 Å². The topological polar surface area (TPSA) is 114 Å². The molecule has 0 aliphatic heterocycles. The summed E-state index contributed by atoms with van der Waals surface area (Å²) in [6, 6.07) is 7.78. The standard InChI is InChI=1S/C25H33N7O3/c1-18(2)25-22(14-26-17-28-25)27-10-9-23(33)30-20-13-29-32(15-20)16-24(34)31(4)11-12-35-21-7-5-19(3)6-8-21/h5-8,13-15,17-18,27H,9-12,16H2,1-4H3,(H,30,33). The Hall–Kier alpha value is -3.95. The second-order valence-electron chi connectivity index (χ2n) is 8.60. The van der Waals surface area contributed by atoms with E-state index in [0.717, 1.165) is 17.1 Å². The highest BCUT2D eigenvalue weighted by molar-refractivity contribution is 5.90. The zero-order chi connectivity index (χ0) is 25.2. The lowest BCUT2D eigenvalue weighted by atomic mass is 10.1. The summed E-state index contributed by atoms with van der Waals surface area (Å²) in [6.45, 7) is 7.50. The van der Waals surface area contributed by atoms with Gasteiger partial charge in [-0.15, -0.1) is 0 Å². The molecule has 0 saturated heterocycles. The van der Waals surface area contributed by atoms with Crippen molar-refractivity contribution in [3.05, 3.63) is 60.4 Å². The molecule has 0 aliphatic rings. The van der Waals surface area contributed by atoms with Gasteiger partial charge in [-0.05, 0) is 25.0 Å². The van der Waals surface area contributed by atoms with Crippen LogP contribution in [0.1, 0.15) is 37.4 Å². The Kier molecular flexibility index (Phi) is 9.16. The van der Waals surface area contributed by atoms with Crippen LogP contribution in [0.15, 0.2) is 49.2 Å². The first-order valence-electron chi connectivity index (χ1n) is 11.6. The lowest BCUT2D eigenvalue weighted by Crippen LogP contribution is -2.33. The Morgan fingerprint density at radius 2 is 1.94 bits per heavy atom. The number of amides is 2. The molecule has 0 fully saturated rings. The average Bonchev–Trinajstić information content (AvgIpc) is 3.26. The summed E-state index contributed by atoms with van der Waals surface area (Å²) in [4.78, 5) is 34.7. The summed E-state index contributed by atoms with van der Waals surface area (Å²) in [5.41, 5.74) is 3.45. The first-order valence-corrected chi connectivity index (χ1v) is 11.6. The number of ether oxygens (including phenoxy) is 1. The van der Waals surface area contributed by atoms with Crippen molar-refractivity contribution >= 4 is 23.2 Å². The molecule has 2 aromatic heterocycles. The van der Waals surface area contributed by atoms with Gasteiger partial charge < -0.3 is 20.3 Å². The van der Waals surface area contributed by atoms with Gasteiger partial charge in [0.1, 0.15) is 25.2 Å². The zero-order valence-corrected chi connectivity index (χ0v) is 20.7. The van der Waals surface area contributed by atoms with Gasteiger partial charge in [0.15, 0.2) is 0 Å². The van der Waals surface area contributed by atoms with Crippen LogP contribution in [0.3, 0.4) is 0 Å². The monoisotopic (exact) mass is 479 g/mol. The zero-order valence-electron chi connectivity index (χ0n) is 20.7. The molecule has 10 heteroatoms. The predicted octanol–water partition coefficient (Wildman–Crippen LogP) is 3.08. The number of benzene rings is 1. The summed E-state index contributed by atoms with van der Waals surface area (Å²) in [7, 11) is 1.72. The van der Waals surface area contributed by atoms with E-state index in [-0.39, 0.29) is 30.7 Å². The molecule has 3 rings (SSSR count). The number of nitrogens with zero attached hydrogens (tertiary/aromatic N) is 5. The summed E-state index contributed by atoms with van der Waals surface area (Å²) >= 11 is 0. The number of carbonyl (C=O) groups excluding carboxylic acids is 2. The van der Waals surface area contributed by atoms with Crippen LogP contribution in [-0.4, -0.2) is 63.2 Å². The van der Waals surface area contributed by atoms with Crippen LogP contribution in [0.5, 0.6) is 5.75 Å². The van der Waals surface area contributed by atoms with Crippen LogP contribution in [0, 0.1) is 6.92 Å². The lowest BCUT2D eigenvalue weighted by Gasteiger charge is -2.17. The van der Waals surface area contributed by atoms with E-state index in [1.54, 1.807) is 24.3 Å². The maximum absolute atomic E-state index is 12.5. The van der Waals surface area contributed by atoms with Crippen LogP contribution >= 0.6 is 0 Å². The third-order valence-corrected chi connectivity index (χ3v) is 5.31. The summed E-state index contributed by atoms with van der Waals surface area (Å²) < 4.78 is 7.19. The summed E-state index contributed by atoms with van der Waals surface area (Å²) in [5.74, 6) is 0.768. The molecule has 2 amide bonds. The Balaban J connectivity index is 1.38. The number of likely N-dealkylation sites (N-methyl/N-ethyl adjacent to an activating group) is 1. The third-order valence-electron chi connectivity index (χ3n) is 5.31. The van der Waals surface area contributed by atoms with Gasteiger partial charge >= 0.3 is 0 Å². The molecule has 35 heavy (non-hydrogen) atoms. The van der Waals surface area contributed by atoms with Crippen molar-refractivity contribution in [1.29, 1.82) is 0 Å². The normalized spacial score (nSPS) is 10.8. The van der Waals surface area contributed by atoms with E-state index in [1.807, 2.05) is 31.2 Å². The van der Waals surface area contributed by atoms with Gasteiger partial charge in [0.2, 0.25) is 11.8 Å². The van der Waals surface area contributed by atoms with E-state index in [0.29, 0.717) is 25.4 Å². The molecular formula is C25H33N7O3. The fraction of sp³-hybridized carbons (Fsp3) is 0.400. The van der Waals surface area contributed by atoms with Crippen molar-refractivity contribution in [2.24, 2.45) is 0 Å². The van der Waals surface area contributed by atoms with Crippen molar-refractivity contribution in [2.45, 2.75) is 39.7 Å². The number of hydrogen-bond donors (Lipinski definition) is 2. The van der Waals surface area contributed by atoms with Crippen LogP contribution in [-0.2, 0) is 16.1 Å². The molecule has 0 saturated carbocycles. The average molecular weight is 480 g/mol. The molecule has 0 aliphatic carbocycles. The Bertz CT molecular complexity index is 1110. The minimum atomic E-state index is -0.156. The molecule has 2 heterocycles. The highest BCUT2D eigenvalue weighted by atomic mass is 16.5. The molecule has 3 aromatic rings. The fourth-order valence-electron chi connectivity index (χ4n) is 3.30. The maximum Gasteiger partial charge on any atom is 0.244 e. The quantitative estimate of drug-likeness (QED) is 0.410. The van der Waals surface area contributed by atoms with Gasteiger partial charge in [-0.25, -0.2) is 9.97 Å². The van der Waals surface area contributed by atoms with Gasteiger partial charge in [0.05, 0.1) is 36.0 Å². The highest BCUT2D eigenvalue weighted by Gasteiger charge is 2.12. The van der Waals surface area contributed by atoms with E-state index in [2.05, 4.69) is 39.5 Å². The third kappa shape index (κ3) is 8.09. The number of aromatic nitrogens is 4. The smallest absolute Gasteiger partial charge is 0.244 e. The number of nitrogens with one attached hydrogen (secondary N) is 2. The number of hydrogen-bond acceptors (Lipinski definition) is 7. The number of anilines is 2.